The average molecular weight is 431 g/mol. The highest BCUT2D eigenvalue weighted by Crippen LogP contribution is 2.44. The molecule has 2 N–H and O–H groups in total. The quantitative estimate of drug-likeness (QED) is 0.656. The molecule has 1 aliphatic rings. The maximum atomic E-state index is 13.8. The largest absolute Gasteiger partial charge is 0.437 e. The molecule has 0 amide bonds. The van der Waals surface area contributed by atoms with Crippen LogP contribution in [0, 0.1) is 24.1 Å². The Morgan fingerprint density at radius 2 is 1.81 bits per heavy atom. The number of rotatable bonds is 4. The summed E-state index contributed by atoms with van der Waals surface area (Å²) in [7, 11) is -1.70. The van der Waals surface area contributed by atoms with E-state index in [4.69, 9.17) is 10.5 Å². The summed E-state index contributed by atoms with van der Waals surface area (Å²) in [5.74, 6) is -1.06. The van der Waals surface area contributed by atoms with Crippen molar-refractivity contribution < 1.29 is 13.3 Å². The normalized spacial score (nSPS) is 17.1. The van der Waals surface area contributed by atoms with Gasteiger partial charge in [-0.25, -0.2) is 8.60 Å². The molecule has 0 fully saturated rings. The van der Waals surface area contributed by atoms with Gasteiger partial charge in [-0.15, -0.1) is 0 Å². The van der Waals surface area contributed by atoms with Crippen LogP contribution in [0.2, 0.25) is 0 Å². The molecule has 2 heterocycles. The molecule has 0 saturated heterocycles. The van der Waals surface area contributed by atoms with E-state index in [0.717, 1.165) is 5.56 Å². The van der Waals surface area contributed by atoms with Gasteiger partial charge in [-0.05, 0) is 48.9 Å². The van der Waals surface area contributed by atoms with Crippen molar-refractivity contribution in [3.05, 3.63) is 112 Å². The third-order valence-corrected chi connectivity index (χ3v) is 6.43. The number of ether oxygens (including phenoxy) is 1. The van der Waals surface area contributed by atoms with Crippen molar-refractivity contribution in [2.75, 3.05) is 0 Å². The zero-order valence-corrected chi connectivity index (χ0v) is 17.4. The SMILES string of the molecule is Cc1ccc([S@](=O)C2=C(c3ccccn3)OC(N)=C(C#N)[C@H]2c2ccc(F)cc2)cc1. The summed E-state index contributed by atoms with van der Waals surface area (Å²) in [5, 5.41) is 9.83. The Kier molecular flexibility index (Phi) is 5.65. The first kappa shape index (κ1) is 20.5. The molecule has 1 aromatic heterocycles. The summed E-state index contributed by atoms with van der Waals surface area (Å²) in [5.41, 5.74) is 8.25. The molecule has 31 heavy (non-hydrogen) atoms. The maximum Gasteiger partial charge on any atom is 0.205 e. The molecular formula is C24H18FN3O2S. The van der Waals surface area contributed by atoms with Crippen LogP contribution in [-0.4, -0.2) is 9.19 Å². The number of aryl methyl sites for hydroxylation is 1. The molecule has 4 rings (SSSR count). The first-order valence-electron chi connectivity index (χ1n) is 9.46. The van der Waals surface area contributed by atoms with Gasteiger partial charge in [0.05, 0.1) is 21.6 Å². The van der Waals surface area contributed by atoms with Crippen molar-refractivity contribution in [3.8, 4) is 6.07 Å². The highest BCUT2D eigenvalue weighted by Gasteiger charge is 2.37. The molecule has 3 aromatic rings. The number of hydrogen-bond donors (Lipinski definition) is 1. The fourth-order valence-electron chi connectivity index (χ4n) is 3.37. The van der Waals surface area contributed by atoms with Crippen molar-refractivity contribution in [2.24, 2.45) is 5.73 Å². The van der Waals surface area contributed by atoms with Gasteiger partial charge in [-0.2, -0.15) is 5.26 Å². The van der Waals surface area contributed by atoms with Crippen LogP contribution in [0.1, 0.15) is 22.7 Å². The van der Waals surface area contributed by atoms with Gasteiger partial charge in [0.2, 0.25) is 5.88 Å². The first-order chi connectivity index (χ1) is 15.0. The minimum absolute atomic E-state index is 0.0952. The van der Waals surface area contributed by atoms with Crippen molar-refractivity contribution in [1.82, 2.24) is 4.98 Å². The van der Waals surface area contributed by atoms with Crippen LogP contribution in [0.25, 0.3) is 5.76 Å². The Bertz CT molecular complexity index is 1240. The minimum atomic E-state index is -1.70. The van der Waals surface area contributed by atoms with Gasteiger partial charge in [-0.3, -0.25) is 4.98 Å². The molecule has 0 bridgehead atoms. The van der Waals surface area contributed by atoms with Gasteiger partial charge in [0.15, 0.2) is 5.76 Å². The summed E-state index contributed by atoms with van der Waals surface area (Å²) in [6.07, 6.45) is 1.59. The topological polar surface area (TPSA) is 89.0 Å². The lowest BCUT2D eigenvalue weighted by atomic mass is 9.89. The molecule has 0 radical (unpaired) electrons. The van der Waals surface area contributed by atoms with Gasteiger partial charge >= 0.3 is 0 Å². The molecule has 0 spiro atoms. The van der Waals surface area contributed by atoms with E-state index in [0.29, 0.717) is 21.1 Å². The van der Waals surface area contributed by atoms with Crippen LogP contribution in [-0.2, 0) is 15.5 Å². The lowest BCUT2D eigenvalue weighted by Crippen LogP contribution is -2.23. The molecule has 154 valence electrons. The number of benzene rings is 2. The number of aromatic nitrogens is 1. The number of allylic oxidation sites excluding steroid dienone is 2. The lowest BCUT2D eigenvalue weighted by molar-refractivity contribution is 0.357. The van der Waals surface area contributed by atoms with E-state index in [1.54, 1.807) is 48.7 Å². The Morgan fingerprint density at radius 1 is 1.10 bits per heavy atom. The predicted octanol–water partition coefficient (Wildman–Crippen LogP) is 4.51. The van der Waals surface area contributed by atoms with E-state index in [9.17, 15) is 13.9 Å². The molecule has 1 aliphatic heterocycles. The Labute approximate surface area is 181 Å². The van der Waals surface area contributed by atoms with Gasteiger partial charge < -0.3 is 10.5 Å². The molecule has 0 saturated carbocycles. The smallest absolute Gasteiger partial charge is 0.205 e. The van der Waals surface area contributed by atoms with Crippen LogP contribution < -0.4 is 5.73 Å². The molecule has 7 heteroatoms. The first-order valence-corrected chi connectivity index (χ1v) is 10.6. The monoisotopic (exact) mass is 431 g/mol. The van der Waals surface area contributed by atoms with Gasteiger partial charge in [0, 0.05) is 11.1 Å². The molecule has 5 nitrogen and oxygen atoms in total. The van der Waals surface area contributed by atoms with Crippen LogP contribution in [0.15, 0.2) is 94.2 Å². The van der Waals surface area contributed by atoms with Gasteiger partial charge in [0.1, 0.15) is 23.2 Å². The molecule has 2 atom stereocenters. The van der Waals surface area contributed by atoms with E-state index in [1.165, 1.54) is 12.1 Å². The Balaban J connectivity index is 1.99. The fourth-order valence-corrected chi connectivity index (χ4v) is 4.79. The summed E-state index contributed by atoms with van der Waals surface area (Å²) in [6, 6.07) is 20.3. The van der Waals surface area contributed by atoms with Crippen molar-refractivity contribution in [2.45, 2.75) is 17.7 Å². The highest BCUT2D eigenvalue weighted by atomic mass is 32.2. The predicted molar refractivity (Wildman–Crippen MR) is 116 cm³/mol. The molecular weight excluding hydrogens is 413 g/mol. The number of pyridine rings is 1. The molecule has 0 aliphatic carbocycles. The van der Waals surface area contributed by atoms with E-state index in [1.807, 2.05) is 19.1 Å². The Hall–Kier alpha value is -3.76. The van der Waals surface area contributed by atoms with Crippen molar-refractivity contribution >= 4 is 16.6 Å². The zero-order valence-electron chi connectivity index (χ0n) is 16.6. The number of nitriles is 1. The van der Waals surface area contributed by atoms with Crippen LogP contribution in [0.5, 0.6) is 0 Å². The lowest BCUT2D eigenvalue weighted by Gasteiger charge is -2.28. The maximum absolute atomic E-state index is 13.8. The summed E-state index contributed by atoms with van der Waals surface area (Å²) in [6.45, 7) is 1.94. The van der Waals surface area contributed by atoms with E-state index < -0.39 is 22.5 Å². The zero-order chi connectivity index (χ0) is 22.0. The van der Waals surface area contributed by atoms with Crippen molar-refractivity contribution in [1.29, 1.82) is 5.26 Å². The fraction of sp³-hybridized carbons (Fsp3) is 0.0833. The third-order valence-electron chi connectivity index (χ3n) is 4.91. The van der Waals surface area contributed by atoms with E-state index in [2.05, 4.69) is 11.1 Å². The van der Waals surface area contributed by atoms with E-state index in [-0.39, 0.29) is 17.2 Å². The number of hydrogen-bond acceptors (Lipinski definition) is 5. The van der Waals surface area contributed by atoms with Gasteiger partial charge in [-0.1, -0.05) is 35.9 Å². The second kappa shape index (κ2) is 8.54. The van der Waals surface area contributed by atoms with Crippen LogP contribution >= 0.6 is 0 Å². The van der Waals surface area contributed by atoms with Crippen molar-refractivity contribution in [3.63, 3.8) is 0 Å². The minimum Gasteiger partial charge on any atom is -0.437 e. The summed E-state index contributed by atoms with van der Waals surface area (Å²) < 4.78 is 33.2. The second-order valence-electron chi connectivity index (χ2n) is 6.97. The highest BCUT2D eigenvalue weighted by molar-refractivity contribution is 7.89. The molecule has 2 aromatic carbocycles. The number of nitrogens with zero attached hydrogens (tertiary/aromatic N) is 2. The van der Waals surface area contributed by atoms with Crippen LogP contribution in [0.4, 0.5) is 4.39 Å². The van der Waals surface area contributed by atoms with Crippen LogP contribution in [0.3, 0.4) is 0 Å². The standard InChI is InChI=1S/C24H18FN3O2S/c1-15-5-11-18(12-6-15)31(29)23-21(16-7-9-17(25)10-8-16)19(14-26)24(27)30-22(23)20-4-2-3-13-28-20/h2-13,21H,27H2,1H3/t21-,31+/m1/s1. The second-order valence-corrected chi connectivity index (χ2v) is 8.42. The van der Waals surface area contributed by atoms with Gasteiger partial charge in [0.25, 0.3) is 0 Å². The summed E-state index contributed by atoms with van der Waals surface area (Å²) in [4.78, 5) is 5.21. The molecule has 0 unspecified atom stereocenters. The summed E-state index contributed by atoms with van der Waals surface area (Å²) >= 11 is 0. The van der Waals surface area contributed by atoms with E-state index >= 15 is 0 Å². The number of nitrogens with two attached hydrogens (primary N) is 1. The third kappa shape index (κ3) is 3.98. The Morgan fingerprint density at radius 3 is 2.42 bits per heavy atom. The number of halogens is 1. The average Bonchev–Trinajstić information content (AvgIpc) is 2.79.